The van der Waals surface area contributed by atoms with Crippen LogP contribution >= 0.6 is 11.6 Å². The summed E-state index contributed by atoms with van der Waals surface area (Å²) in [5.41, 5.74) is 0.867. The molecule has 0 unspecified atom stereocenters. The van der Waals surface area contributed by atoms with Crippen LogP contribution in [-0.2, 0) is 4.79 Å². The van der Waals surface area contributed by atoms with E-state index in [0.717, 1.165) is 5.56 Å². The first kappa shape index (κ1) is 14.7. The molecular weight excluding hydrogens is 306 g/mol. The molecule has 1 aromatic heterocycles. The normalized spacial score (nSPS) is 21.0. The fourth-order valence-electron chi connectivity index (χ4n) is 2.82. The second-order valence-electron chi connectivity index (χ2n) is 5.29. The molecule has 1 saturated heterocycles. The fraction of sp³-hybridized carbons (Fsp3) is 0.250. The van der Waals surface area contributed by atoms with Crippen LogP contribution in [-0.4, -0.2) is 35.0 Å². The van der Waals surface area contributed by atoms with E-state index in [0.29, 0.717) is 11.6 Å². The van der Waals surface area contributed by atoms with Crippen molar-refractivity contribution in [3.05, 3.63) is 59.0 Å². The number of benzene rings is 1. The van der Waals surface area contributed by atoms with Gasteiger partial charge >= 0.3 is 5.97 Å². The number of carbonyl (C=O) groups is 2. The van der Waals surface area contributed by atoms with E-state index >= 15 is 0 Å². The van der Waals surface area contributed by atoms with Crippen molar-refractivity contribution in [2.24, 2.45) is 5.92 Å². The molecule has 0 bridgehead atoms. The first-order valence-electron chi connectivity index (χ1n) is 6.87. The monoisotopic (exact) mass is 319 g/mol. The highest BCUT2D eigenvalue weighted by molar-refractivity contribution is 6.30. The molecule has 3 rings (SSSR count). The lowest BCUT2D eigenvalue weighted by Gasteiger charge is -2.15. The number of carboxylic acids is 1. The lowest BCUT2D eigenvalue weighted by Crippen LogP contribution is -2.29. The topological polar surface area (TPSA) is 70.8 Å². The maximum Gasteiger partial charge on any atom is 0.308 e. The number of carbonyl (C=O) groups excluding carboxylic acids is 1. The van der Waals surface area contributed by atoms with Crippen molar-refractivity contribution in [3.63, 3.8) is 0 Å². The SMILES string of the molecule is O=C(O)[C@@H]1CN(C(=O)c2ccco2)C[C@H]1c1ccc(Cl)cc1. The van der Waals surface area contributed by atoms with Gasteiger partial charge in [-0.2, -0.15) is 0 Å². The summed E-state index contributed by atoms with van der Waals surface area (Å²) in [5, 5.41) is 10.0. The molecule has 5 nitrogen and oxygen atoms in total. The number of amides is 1. The quantitative estimate of drug-likeness (QED) is 0.944. The standard InChI is InChI=1S/C16H14ClNO4/c17-11-5-3-10(4-6-11)12-8-18(9-13(12)16(20)21)15(19)14-2-1-7-22-14/h1-7,12-13H,8-9H2,(H,20,21)/t12-,13+/m0/s1. The van der Waals surface area contributed by atoms with Crippen molar-refractivity contribution >= 4 is 23.5 Å². The largest absolute Gasteiger partial charge is 0.481 e. The van der Waals surface area contributed by atoms with E-state index in [2.05, 4.69) is 0 Å². The van der Waals surface area contributed by atoms with Gasteiger partial charge in [0.05, 0.1) is 12.2 Å². The van der Waals surface area contributed by atoms with E-state index in [4.69, 9.17) is 16.0 Å². The van der Waals surface area contributed by atoms with Crippen LogP contribution in [0.2, 0.25) is 5.02 Å². The molecule has 114 valence electrons. The van der Waals surface area contributed by atoms with Crippen LogP contribution in [0.15, 0.2) is 47.1 Å². The van der Waals surface area contributed by atoms with Crippen LogP contribution in [0.5, 0.6) is 0 Å². The summed E-state index contributed by atoms with van der Waals surface area (Å²) in [6, 6.07) is 10.3. The summed E-state index contributed by atoms with van der Waals surface area (Å²) in [7, 11) is 0. The summed E-state index contributed by atoms with van der Waals surface area (Å²) in [6.07, 6.45) is 1.43. The average Bonchev–Trinajstić information content (AvgIpc) is 3.17. The van der Waals surface area contributed by atoms with Gasteiger partial charge < -0.3 is 14.4 Å². The molecule has 2 atom stereocenters. The van der Waals surface area contributed by atoms with Gasteiger partial charge in [0.25, 0.3) is 5.91 Å². The van der Waals surface area contributed by atoms with Crippen molar-refractivity contribution in [1.82, 2.24) is 4.90 Å². The Morgan fingerprint density at radius 1 is 1.18 bits per heavy atom. The van der Waals surface area contributed by atoms with Crippen LogP contribution in [0.4, 0.5) is 0 Å². The highest BCUT2D eigenvalue weighted by atomic mass is 35.5. The predicted octanol–water partition coefficient (Wildman–Crippen LogP) is 2.87. The minimum Gasteiger partial charge on any atom is -0.481 e. The molecule has 1 fully saturated rings. The van der Waals surface area contributed by atoms with Crippen molar-refractivity contribution in [2.45, 2.75) is 5.92 Å². The highest BCUT2D eigenvalue weighted by Crippen LogP contribution is 2.34. The average molecular weight is 320 g/mol. The second-order valence-corrected chi connectivity index (χ2v) is 5.73. The molecule has 1 N–H and O–H groups in total. The third-order valence-electron chi connectivity index (χ3n) is 3.95. The van der Waals surface area contributed by atoms with Crippen LogP contribution < -0.4 is 0 Å². The van der Waals surface area contributed by atoms with Gasteiger partial charge in [-0.1, -0.05) is 23.7 Å². The van der Waals surface area contributed by atoms with E-state index in [9.17, 15) is 14.7 Å². The number of aliphatic carboxylic acids is 1. The van der Waals surface area contributed by atoms with Gasteiger partial charge in [-0.05, 0) is 29.8 Å². The summed E-state index contributed by atoms with van der Waals surface area (Å²) in [5.74, 6) is -1.86. The Morgan fingerprint density at radius 2 is 1.91 bits per heavy atom. The van der Waals surface area contributed by atoms with E-state index in [1.165, 1.54) is 11.2 Å². The predicted molar refractivity (Wildman–Crippen MR) is 79.9 cm³/mol. The Balaban J connectivity index is 1.85. The van der Waals surface area contributed by atoms with Crippen LogP contribution in [0.25, 0.3) is 0 Å². The molecule has 2 heterocycles. The van der Waals surface area contributed by atoms with Crippen molar-refractivity contribution in [3.8, 4) is 0 Å². The Labute approximate surface area is 132 Å². The lowest BCUT2D eigenvalue weighted by molar-refractivity contribution is -0.141. The summed E-state index contributed by atoms with van der Waals surface area (Å²) >= 11 is 5.87. The maximum absolute atomic E-state index is 12.3. The number of hydrogen-bond donors (Lipinski definition) is 1. The molecule has 0 saturated carbocycles. The Morgan fingerprint density at radius 3 is 2.50 bits per heavy atom. The van der Waals surface area contributed by atoms with Gasteiger partial charge in [0.2, 0.25) is 0 Å². The Hall–Kier alpha value is -2.27. The molecule has 6 heteroatoms. The smallest absolute Gasteiger partial charge is 0.308 e. The molecule has 1 amide bonds. The van der Waals surface area contributed by atoms with Gasteiger partial charge in [0.1, 0.15) is 0 Å². The molecule has 0 aliphatic carbocycles. The number of hydrogen-bond acceptors (Lipinski definition) is 3. The summed E-state index contributed by atoms with van der Waals surface area (Å²) in [6.45, 7) is 0.514. The zero-order valence-electron chi connectivity index (χ0n) is 11.6. The molecule has 1 aromatic carbocycles. The number of rotatable bonds is 3. The Kier molecular flexibility index (Phi) is 3.90. The number of likely N-dealkylation sites (tertiary alicyclic amines) is 1. The van der Waals surface area contributed by atoms with E-state index < -0.39 is 11.9 Å². The zero-order chi connectivity index (χ0) is 15.7. The Bertz CT molecular complexity index is 681. The number of furan rings is 1. The molecule has 0 spiro atoms. The third kappa shape index (κ3) is 2.72. The van der Waals surface area contributed by atoms with E-state index in [1.54, 1.807) is 24.3 Å². The van der Waals surface area contributed by atoms with E-state index in [1.807, 2.05) is 12.1 Å². The lowest BCUT2D eigenvalue weighted by atomic mass is 9.89. The summed E-state index contributed by atoms with van der Waals surface area (Å²) < 4.78 is 5.10. The van der Waals surface area contributed by atoms with Gasteiger partial charge in [-0.15, -0.1) is 0 Å². The number of halogens is 1. The molecule has 0 radical (unpaired) electrons. The number of carboxylic acid groups (broad SMARTS) is 1. The van der Waals surface area contributed by atoms with Crippen LogP contribution in [0.1, 0.15) is 22.0 Å². The molecular formula is C16H14ClNO4. The first-order chi connectivity index (χ1) is 10.6. The van der Waals surface area contributed by atoms with Crippen molar-refractivity contribution in [1.29, 1.82) is 0 Å². The molecule has 1 aliphatic rings. The molecule has 1 aliphatic heterocycles. The molecule has 22 heavy (non-hydrogen) atoms. The fourth-order valence-corrected chi connectivity index (χ4v) is 2.95. The first-order valence-corrected chi connectivity index (χ1v) is 7.25. The number of nitrogens with zero attached hydrogens (tertiary/aromatic N) is 1. The van der Waals surface area contributed by atoms with Crippen LogP contribution in [0.3, 0.4) is 0 Å². The van der Waals surface area contributed by atoms with Crippen LogP contribution in [0, 0.1) is 5.92 Å². The van der Waals surface area contributed by atoms with Crippen molar-refractivity contribution in [2.75, 3.05) is 13.1 Å². The van der Waals surface area contributed by atoms with Gasteiger partial charge in [0.15, 0.2) is 5.76 Å². The maximum atomic E-state index is 12.3. The second kappa shape index (κ2) is 5.85. The van der Waals surface area contributed by atoms with Gasteiger partial charge in [-0.25, -0.2) is 0 Å². The van der Waals surface area contributed by atoms with Crippen molar-refractivity contribution < 1.29 is 19.1 Å². The minimum absolute atomic E-state index is 0.169. The van der Waals surface area contributed by atoms with E-state index in [-0.39, 0.29) is 24.1 Å². The van der Waals surface area contributed by atoms with Gasteiger partial charge in [0, 0.05) is 24.0 Å². The zero-order valence-corrected chi connectivity index (χ0v) is 12.4. The third-order valence-corrected chi connectivity index (χ3v) is 4.21. The minimum atomic E-state index is -0.908. The molecule has 2 aromatic rings. The summed E-state index contributed by atoms with van der Waals surface area (Å²) in [4.78, 5) is 25.4. The highest BCUT2D eigenvalue weighted by Gasteiger charge is 2.41. The van der Waals surface area contributed by atoms with Gasteiger partial charge in [-0.3, -0.25) is 9.59 Å².